The van der Waals surface area contributed by atoms with E-state index >= 15 is 0 Å². The van der Waals surface area contributed by atoms with Crippen LogP contribution in [0.25, 0.3) is 25.9 Å². The van der Waals surface area contributed by atoms with Crippen molar-refractivity contribution in [2.75, 3.05) is 0 Å². The molecule has 3 heteroatoms. The second-order valence-electron chi connectivity index (χ2n) is 4.67. The van der Waals surface area contributed by atoms with Crippen LogP contribution in [0.1, 0.15) is 0 Å². The average molecular weight is 278 g/mol. The quantitative estimate of drug-likeness (QED) is 0.506. The van der Waals surface area contributed by atoms with Crippen molar-refractivity contribution in [3.63, 3.8) is 0 Å². The summed E-state index contributed by atoms with van der Waals surface area (Å²) >= 11 is 0. The summed E-state index contributed by atoms with van der Waals surface area (Å²) in [5.74, 6) is 0.370. The molecule has 1 N–H and O–H groups in total. The number of thiazole rings is 1. The fourth-order valence-corrected chi connectivity index (χ4v) is 4.29. The van der Waals surface area contributed by atoms with Crippen LogP contribution in [0, 0.1) is 0 Å². The molecule has 96 valence electrons. The van der Waals surface area contributed by atoms with E-state index in [0.29, 0.717) is 5.75 Å². The van der Waals surface area contributed by atoms with Crippen molar-refractivity contribution in [2.24, 2.45) is 0 Å². The number of aromatic hydroxyl groups is 1. The Balaban J connectivity index is 2.05. The Bertz CT molecular complexity index is 926. The summed E-state index contributed by atoms with van der Waals surface area (Å²) in [5.41, 5.74) is 2.94. The summed E-state index contributed by atoms with van der Waals surface area (Å²) in [5, 5.41) is 12.5. The highest BCUT2D eigenvalue weighted by Gasteiger charge is 2.21. The highest BCUT2D eigenvalue weighted by Crippen LogP contribution is 2.45. The predicted molar refractivity (Wildman–Crippen MR) is 84.7 cm³/mol. The van der Waals surface area contributed by atoms with Gasteiger partial charge in [0.1, 0.15) is 5.52 Å². The lowest BCUT2D eigenvalue weighted by Crippen LogP contribution is -1.77. The number of benzene rings is 3. The lowest BCUT2D eigenvalue weighted by molar-refractivity contribution is 0.485. The lowest BCUT2D eigenvalue weighted by atomic mass is 10.1. The third kappa shape index (κ3) is 1.60. The molecule has 3 aromatic carbocycles. The first-order valence-corrected chi connectivity index (χ1v) is 7.70. The van der Waals surface area contributed by atoms with Gasteiger partial charge in [0, 0.05) is 28.0 Å². The maximum atomic E-state index is 10.6. The van der Waals surface area contributed by atoms with Crippen LogP contribution in [-0.4, -0.2) is 10.1 Å². The van der Waals surface area contributed by atoms with E-state index in [9.17, 15) is 5.11 Å². The van der Waals surface area contributed by atoms with Gasteiger partial charge in [-0.1, -0.05) is 36.4 Å². The molecular formula is C17H12NOS+. The maximum absolute atomic E-state index is 10.6. The molecule has 0 aliphatic rings. The Morgan fingerprint density at radius 2 is 1.65 bits per heavy atom. The molecule has 0 saturated carbocycles. The molecule has 0 amide bonds. The zero-order valence-electron chi connectivity index (χ0n) is 10.7. The molecule has 4 aromatic rings. The van der Waals surface area contributed by atoms with E-state index in [1.165, 1.54) is 4.70 Å². The monoisotopic (exact) mass is 278 g/mol. The molecular weight excluding hydrogens is 266 g/mol. The van der Waals surface area contributed by atoms with E-state index in [4.69, 9.17) is 0 Å². The molecule has 0 radical (unpaired) electrons. The van der Waals surface area contributed by atoms with Crippen LogP contribution in [0.4, 0.5) is 0 Å². The van der Waals surface area contributed by atoms with Crippen LogP contribution < -0.4 is 0 Å². The van der Waals surface area contributed by atoms with Gasteiger partial charge in [0.25, 0.3) is 0 Å². The van der Waals surface area contributed by atoms with Gasteiger partial charge in [0.15, 0.2) is 5.75 Å². The Labute approximate surface area is 118 Å². The molecule has 0 spiro atoms. The Morgan fingerprint density at radius 3 is 2.60 bits per heavy atom. The summed E-state index contributed by atoms with van der Waals surface area (Å²) in [6.45, 7) is 0. The number of phenolic OH excluding ortho intramolecular Hbond substituents is 1. The molecule has 1 aromatic heterocycles. The van der Waals surface area contributed by atoms with Gasteiger partial charge in [0.05, 0.1) is 0 Å². The predicted octanol–water partition coefficient (Wildman–Crippen LogP) is 4.83. The zero-order valence-corrected chi connectivity index (χ0v) is 11.5. The summed E-state index contributed by atoms with van der Waals surface area (Å²) < 4.78 is 1.18. The summed E-state index contributed by atoms with van der Waals surface area (Å²) in [6.07, 6.45) is 0. The van der Waals surface area contributed by atoms with Crippen LogP contribution in [0.3, 0.4) is 0 Å². The van der Waals surface area contributed by atoms with Crippen LogP contribution in [0.15, 0.2) is 66.2 Å². The molecule has 0 fully saturated rings. The molecule has 2 nitrogen and oxygen atoms in total. The van der Waals surface area contributed by atoms with Crippen molar-refractivity contribution in [3.8, 4) is 10.6 Å². The number of hydrogen-bond acceptors (Lipinski definition) is 2. The standard InChI is InChI=1S/C17H11NOS/c19-17-13-6-2-1-5-12(13)9-10-16(17)20-11-18-14-7-3-4-8-15(14)20/h1-11H/p+1. The third-order valence-electron chi connectivity index (χ3n) is 3.50. The number of para-hydroxylation sites is 1. The molecule has 0 aliphatic heterocycles. The second-order valence-corrected chi connectivity index (χ2v) is 6.44. The normalized spacial score (nSPS) is 12.1. The van der Waals surface area contributed by atoms with E-state index < -0.39 is 0 Å². The van der Waals surface area contributed by atoms with Crippen molar-refractivity contribution in [1.82, 2.24) is 4.98 Å². The smallest absolute Gasteiger partial charge is 0.236 e. The van der Waals surface area contributed by atoms with Gasteiger partial charge in [-0.2, -0.15) is 4.98 Å². The number of fused-ring (bicyclic) bond motifs is 2. The van der Waals surface area contributed by atoms with Crippen molar-refractivity contribution in [1.29, 1.82) is 0 Å². The number of phenols is 1. The van der Waals surface area contributed by atoms with E-state index in [-0.39, 0.29) is 10.5 Å². The molecule has 1 atom stereocenters. The second kappa shape index (κ2) is 4.32. The zero-order chi connectivity index (χ0) is 13.5. The first-order chi connectivity index (χ1) is 9.84. The molecule has 0 saturated heterocycles. The molecule has 1 unspecified atom stereocenters. The van der Waals surface area contributed by atoms with Crippen LogP contribution >= 0.6 is 10.5 Å². The summed E-state index contributed by atoms with van der Waals surface area (Å²) in [6, 6.07) is 20.1. The maximum Gasteiger partial charge on any atom is 0.236 e. The molecule has 0 aliphatic carbocycles. The van der Waals surface area contributed by atoms with Crippen molar-refractivity contribution >= 4 is 31.5 Å². The van der Waals surface area contributed by atoms with Gasteiger partial charge in [-0.3, -0.25) is 0 Å². The third-order valence-corrected chi connectivity index (χ3v) is 5.44. The van der Waals surface area contributed by atoms with Crippen LogP contribution in [0.2, 0.25) is 0 Å². The summed E-state index contributed by atoms with van der Waals surface area (Å²) in [4.78, 5) is 5.40. The minimum atomic E-state index is -0.275. The fourth-order valence-electron chi connectivity index (χ4n) is 2.50. The van der Waals surface area contributed by atoms with E-state index in [1.54, 1.807) is 0 Å². The molecule has 0 bridgehead atoms. The SMILES string of the molecule is Oc1c(-[s+]2cnc3ccccc32)ccc2ccccc12. The van der Waals surface area contributed by atoms with Gasteiger partial charge < -0.3 is 5.11 Å². The van der Waals surface area contributed by atoms with Crippen molar-refractivity contribution in [2.45, 2.75) is 0 Å². The Kier molecular flexibility index (Phi) is 2.47. The molecule has 4 rings (SSSR count). The summed E-state index contributed by atoms with van der Waals surface area (Å²) in [7, 11) is -0.275. The van der Waals surface area contributed by atoms with Gasteiger partial charge in [-0.15, -0.1) is 0 Å². The average Bonchev–Trinajstić information content (AvgIpc) is 2.92. The van der Waals surface area contributed by atoms with E-state index in [2.05, 4.69) is 17.1 Å². The van der Waals surface area contributed by atoms with Gasteiger partial charge >= 0.3 is 0 Å². The largest absolute Gasteiger partial charge is 0.503 e. The van der Waals surface area contributed by atoms with Crippen molar-refractivity contribution < 1.29 is 5.11 Å². The van der Waals surface area contributed by atoms with E-state index in [0.717, 1.165) is 21.2 Å². The van der Waals surface area contributed by atoms with Crippen LogP contribution in [0.5, 0.6) is 5.75 Å². The number of rotatable bonds is 1. The number of aromatic nitrogens is 1. The minimum Gasteiger partial charge on any atom is -0.503 e. The Hall–Kier alpha value is -2.39. The minimum absolute atomic E-state index is 0.275. The lowest BCUT2D eigenvalue weighted by Gasteiger charge is -2.01. The first-order valence-electron chi connectivity index (χ1n) is 6.41. The van der Waals surface area contributed by atoms with Crippen LogP contribution in [-0.2, 0) is 0 Å². The van der Waals surface area contributed by atoms with E-state index in [1.807, 2.05) is 54.0 Å². The molecule has 20 heavy (non-hydrogen) atoms. The first kappa shape index (κ1) is 11.4. The highest BCUT2D eigenvalue weighted by molar-refractivity contribution is 7.43. The fraction of sp³-hybridized carbons (Fsp3) is 0. The number of nitrogens with zero attached hydrogens (tertiary/aromatic N) is 1. The topological polar surface area (TPSA) is 33.1 Å². The number of hydrogen-bond donors (Lipinski definition) is 1. The van der Waals surface area contributed by atoms with Gasteiger partial charge in [0.2, 0.25) is 15.1 Å². The Morgan fingerprint density at radius 1 is 0.850 bits per heavy atom. The van der Waals surface area contributed by atoms with Gasteiger partial charge in [-0.05, 0) is 17.5 Å². The van der Waals surface area contributed by atoms with Gasteiger partial charge in [-0.25, -0.2) is 0 Å². The molecule has 1 heterocycles. The highest BCUT2D eigenvalue weighted by atomic mass is 32.2. The van der Waals surface area contributed by atoms with Crippen molar-refractivity contribution in [3.05, 3.63) is 66.2 Å².